The summed E-state index contributed by atoms with van der Waals surface area (Å²) in [6.07, 6.45) is 41.9. The number of allylic oxidation sites excluding steroid dienone is 2. The molecule has 0 spiro atoms. The van der Waals surface area contributed by atoms with E-state index in [1.165, 1.54) is 135 Å². The number of rotatable bonds is 40. The summed E-state index contributed by atoms with van der Waals surface area (Å²) in [5.41, 5.74) is 0. The lowest BCUT2D eigenvalue weighted by Crippen LogP contribution is -2.30. The number of ether oxygens (including phenoxy) is 3. The lowest BCUT2D eigenvalue weighted by molar-refractivity contribution is -0.167. The van der Waals surface area contributed by atoms with E-state index in [-0.39, 0.29) is 31.1 Å². The van der Waals surface area contributed by atoms with E-state index in [2.05, 4.69) is 32.9 Å². The minimum absolute atomic E-state index is 0.0687. The Balaban J connectivity index is 4.35. The fourth-order valence-electron chi connectivity index (χ4n) is 6.38. The largest absolute Gasteiger partial charge is 0.462 e. The van der Waals surface area contributed by atoms with Crippen molar-refractivity contribution >= 4 is 17.9 Å². The van der Waals surface area contributed by atoms with Gasteiger partial charge in [-0.25, -0.2) is 0 Å². The van der Waals surface area contributed by atoms with E-state index in [1.54, 1.807) is 0 Å². The molecule has 0 heterocycles. The summed E-state index contributed by atoms with van der Waals surface area (Å²) in [6, 6.07) is 0. The summed E-state index contributed by atoms with van der Waals surface area (Å²) < 4.78 is 16.7. The Morgan fingerprint density at radius 3 is 1.02 bits per heavy atom. The second-order valence-electron chi connectivity index (χ2n) is 15.0. The van der Waals surface area contributed by atoms with Gasteiger partial charge in [0.15, 0.2) is 6.10 Å². The number of esters is 3. The number of hydrogen-bond acceptors (Lipinski definition) is 6. The van der Waals surface area contributed by atoms with Crippen LogP contribution in [0.4, 0.5) is 0 Å². The molecule has 0 radical (unpaired) electrons. The highest BCUT2D eigenvalue weighted by molar-refractivity contribution is 5.71. The molecule has 0 fully saturated rings. The first-order chi connectivity index (χ1) is 25.0. The maximum absolute atomic E-state index is 12.7. The van der Waals surface area contributed by atoms with Gasteiger partial charge < -0.3 is 14.2 Å². The SMILES string of the molecule is CCCCC/C=C\CCCCCCCC(=O)OC[C@@H](COC(=O)CCCCCCCCCCC)OC(=O)CCCCCCCCCCCCCC. The van der Waals surface area contributed by atoms with Crippen molar-refractivity contribution in [2.75, 3.05) is 13.2 Å². The number of carbonyl (C=O) groups is 3. The Morgan fingerprint density at radius 2 is 0.647 bits per heavy atom. The molecule has 0 saturated carbocycles. The van der Waals surface area contributed by atoms with Gasteiger partial charge in [-0.05, 0) is 44.9 Å². The zero-order valence-electron chi connectivity index (χ0n) is 34.1. The molecule has 0 aliphatic rings. The zero-order valence-corrected chi connectivity index (χ0v) is 34.1. The molecule has 0 aromatic carbocycles. The average Bonchev–Trinajstić information content (AvgIpc) is 3.12. The number of unbranched alkanes of at least 4 members (excludes halogenated alkanes) is 27. The van der Waals surface area contributed by atoms with Crippen LogP contribution in [0.15, 0.2) is 12.2 Å². The topological polar surface area (TPSA) is 78.9 Å². The Morgan fingerprint density at radius 1 is 0.373 bits per heavy atom. The van der Waals surface area contributed by atoms with E-state index in [0.717, 1.165) is 64.2 Å². The van der Waals surface area contributed by atoms with Crippen LogP contribution in [-0.2, 0) is 28.6 Å². The molecule has 0 aromatic heterocycles. The van der Waals surface area contributed by atoms with Crippen molar-refractivity contribution in [1.29, 1.82) is 0 Å². The molecule has 0 rings (SSSR count). The molecule has 0 bridgehead atoms. The maximum Gasteiger partial charge on any atom is 0.306 e. The van der Waals surface area contributed by atoms with Gasteiger partial charge in [-0.15, -0.1) is 0 Å². The highest BCUT2D eigenvalue weighted by Gasteiger charge is 2.19. The highest BCUT2D eigenvalue weighted by Crippen LogP contribution is 2.15. The van der Waals surface area contributed by atoms with Crippen molar-refractivity contribution < 1.29 is 28.6 Å². The molecule has 0 unspecified atom stereocenters. The Hall–Kier alpha value is -1.85. The predicted octanol–water partition coefficient (Wildman–Crippen LogP) is 13.9. The quantitative estimate of drug-likeness (QED) is 0.0271. The number of hydrogen-bond donors (Lipinski definition) is 0. The van der Waals surface area contributed by atoms with Gasteiger partial charge in [0.05, 0.1) is 0 Å². The van der Waals surface area contributed by atoms with Crippen molar-refractivity contribution in [2.24, 2.45) is 0 Å². The lowest BCUT2D eigenvalue weighted by atomic mass is 10.0. The molecule has 0 aliphatic carbocycles. The summed E-state index contributed by atoms with van der Waals surface area (Å²) >= 11 is 0. The van der Waals surface area contributed by atoms with Crippen molar-refractivity contribution in [3.05, 3.63) is 12.2 Å². The van der Waals surface area contributed by atoms with Gasteiger partial charge in [-0.1, -0.05) is 187 Å². The van der Waals surface area contributed by atoms with Crippen molar-refractivity contribution in [2.45, 2.75) is 245 Å². The van der Waals surface area contributed by atoms with Gasteiger partial charge in [-0.3, -0.25) is 14.4 Å². The third-order valence-electron chi connectivity index (χ3n) is 9.77. The van der Waals surface area contributed by atoms with Crippen molar-refractivity contribution in [3.8, 4) is 0 Å². The predicted molar refractivity (Wildman–Crippen MR) is 215 cm³/mol. The fourth-order valence-corrected chi connectivity index (χ4v) is 6.38. The minimum Gasteiger partial charge on any atom is -0.462 e. The van der Waals surface area contributed by atoms with Gasteiger partial charge in [0, 0.05) is 19.3 Å². The van der Waals surface area contributed by atoms with E-state index in [4.69, 9.17) is 14.2 Å². The first-order valence-corrected chi connectivity index (χ1v) is 22.2. The standard InChI is InChI=1S/C45H84O6/c1-4-7-10-13-16-19-21-23-26-29-32-35-38-44(47)50-41-42(40-49-43(46)37-34-31-28-25-18-15-12-9-6-3)51-45(48)39-36-33-30-27-24-22-20-17-14-11-8-5-2/h16,19,42H,4-15,17-18,20-41H2,1-3H3/b19-16-/t42-/m1/s1. The average molecular weight is 721 g/mol. The molecule has 0 amide bonds. The first-order valence-electron chi connectivity index (χ1n) is 22.2. The molecular weight excluding hydrogens is 636 g/mol. The van der Waals surface area contributed by atoms with Crippen LogP contribution in [-0.4, -0.2) is 37.2 Å². The van der Waals surface area contributed by atoms with E-state index < -0.39 is 6.10 Å². The maximum atomic E-state index is 12.7. The van der Waals surface area contributed by atoms with Crippen LogP contribution < -0.4 is 0 Å². The monoisotopic (exact) mass is 721 g/mol. The summed E-state index contributed by atoms with van der Waals surface area (Å²) in [7, 11) is 0. The van der Waals surface area contributed by atoms with Gasteiger partial charge in [0.1, 0.15) is 13.2 Å². The molecule has 0 aromatic rings. The van der Waals surface area contributed by atoms with E-state index in [9.17, 15) is 14.4 Å². The molecular formula is C45H84O6. The van der Waals surface area contributed by atoms with E-state index >= 15 is 0 Å². The summed E-state index contributed by atoms with van der Waals surface area (Å²) in [5, 5.41) is 0. The molecule has 0 N–H and O–H groups in total. The van der Waals surface area contributed by atoms with Gasteiger partial charge in [0.2, 0.25) is 0 Å². The third-order valence-corrected chi connectivity index (χ3v) is 9.77. The fraction of sp³-hybridized carbons (Fsp3) is 0.889. The molecule has 0 aliphatic heterocycles. The Labute approximate surface area is 316 Å². The second kappa shape index (κ2) is 40.9. The molecule has 1 atom stereocenters. The van der Waals surface area contributed by atoms with Crippen LogP contribution in [0.5, 0.6) is 0 Å². The highest BCUT2D eigenvalue weighted by atomic mass is 16.6. The molecule has 6 nitrogen and oxygen atoms in total. The molecule has 300 valence electrons. The summed E-state index contributed by atoms with van der Waals surface area (Å²) in [4.78, 5) is 37.6. The lowest BCUT2D eigenvalue weighted by Gasteiger charge is -2.18. The van der Waals surface area contributed by atoms with Crippen molar-refractivity contribution in [1.82, 2.24) is 0 Å². The third kappa shape index (κ3) is 39.2. The zero-order chi connectivity index (χ0) is 37.3. The Bertz CT molecular complexity index is 794. The van der Waals surface area contributed by atoms with Gasteiger partial charge in [0.25, 0.3) is 0 Å². The van der Waals surface area contributed by atoms with Crippen LogP contribution in [0, 0.1) is 0 Å². The normalized spacial score (nSPS) is 12.0. The minimum atomic E-state index is -0.763. The van der Waals surface area contributed by atoms with Crippen LogP contribution >= 0.6 is 0 Å². The molecule has 51 heavy (non-hydrogen) atoms. The molecule has 6 heteroatoms. The first kappa shape index (κ1) is 49.1. The van der Waals surface area contributed by atoms with E-state index in [0.29, 0.717) is 19.3 Å². The molecule has 0 saturated heterocycles. The van der Waals surface area contributed by atoms with Crippen LogP contribution in [0.2, 0.25) is 0 Å². The second-order valence-corrected chi connectivity index (χ2v) is 15.0. The van der Waals surface area contributed by atoms with Gasteiger partial charge in [-0.2, -0.15) is 0 Å². The van der Waals surface area contributed by atoms with Crippen LogP contribution in [0.3, 0.4) is 0 Å². The number of carbonyl (C=O) groups excluding carboxylic acids is 3. The van der Waals surface area contributed by atoms with Crippen LogP contribution in [0.25, 0.3) is 0 Å². The summed E-state index contributed by atoms with van der Waals surface area (Å²) in [6.45, 7) is 6.59. The van der Waals surface area contributed by atoms with E-state index in [1.807, 2.05) is 0 Å². The summed E-state index contributed by atoms with van der Waals surface area (Å²) in [5.74, 6) is -0.875. The van der Waals surface area contributed by atoms with Crippen molar-refractivity contribution in [3.63, 3.8) is 0 Å². The smallest absolute Gasteiger partial charge is 0.306 e. The Kier molecular flexibility index (Phi) is 39.4. The van der Waals surface area contributed by atoms with Gasteiger partial charge >= 0.3 is 17.9 Å². The van der Waals surface area contributed by atoms with Crippen LogP contribution in [0.1, 0.15) is 239 Å².